The fourth-order valence-electron chi connectivity index (χ4n) is 3.00. The molecule has 5 heteroatoms. The zero-order valence-electron chi connectivity index (χ0n) is 12.8. The van der Waals surface area contributed by atoms with Gasteiger partial charge in [-0.1, -0.05) is 55.0 Å². The summed E-state index contributed by atoms with van der Waals surface area (Å²) in [6.07, 6.45) is 3.04. The third-order valence-corrected chi connectivity index (χ3v) is 4.51. The minimum atomic E-state index is -2.26. The van der Waals surface area contributed by atoms with Crippen molar-refractivity contribution in [2.75, 3.05) is 0 Å². The van der Waals surface area contributed by atoms with Gasteiger partial charge in [0, 0.05) is 5.56 Å². The Morgan fingerprint density at radius 1 is 0.913 bits per heavy atom. The first-order valence-electron chi connectivity index (χ1n) is 7.83. The standard InChI is InChI=1S/C18H20O4S/c19-23(20)22-18-13-7-6-12-17(18)21-16-11-5-4-10-15(16)14-8-2-1-3-9-14/h1-5,8-11,17-18H,6-7,12-13H2,(H,19,20). The lowest BCUT2D eigenvalue weighted by atomic mass is 9.94. The molecule has 0 aromatic heterocycles. The van der Waals surface area contributed by atoms with Crippen molar-refractivity contribution in [2.45, 2.75) is 37.9 Å². The van der Waals surface area contributed by atoms with E-state index in [-0.39, 0.29) is 12.2 Å². The van der Waals surface area contributed by atoms with E-state index in [0.717, 1.165) is 42.6 Å². The summed E-state index contributed by atoms with van der Waals surface area (Å²) in [5, 5.41) is 0. The average Bonchev–Trinajstić information content (AvgIpc) is 2.57. The van der Waals surface area contributed by atoms with Gasteiger partial charge in [0.15, 0.2) is 0 Å². The van der Waals surface area contributed by atoms with Gasteiger partial charge in [-0.25, -0.2) is 0 Å². The number of hydrogen-bond donors (Lipinski definition) is 1. The van der Waals surface area contributed by atoms with Crippen molar-refractivity contribution in [3.8, 4) is 16.9 Å². The molecule has 3 unspecified atom stereocenters. The summed E-state index contributed by atoms with van der Waals surface area (Å²) >= 11 is -2.26. The fourth-order valence-corrected chi connectivity index (χ4v) is 3.43. The highest BCUT2D eigenvalue weighted by Crippen LogP contribution is 2.33. The molecule has 0 saturated heterocycles. The summed E-state index contributed by atoms with van der Waals surface area (Å²) in [4.78, 5) is 0. The van der Waals surface area contributed by atoms with Crippen molar-refractivity contribution in [3.63, 3.8) is 0 Å². The molecule has 0 radical (unpaired) electrons. The van der Waals surface area contributed by atoms with Crippen LogP contribution in [0.1, 0.15) is 25.7 Å². The summed E-state index contributed by atoms with van der Waals surface area (Å²) < 4.78 is 31.3. The second-order valence-corrected chi connectivity index (χ2v) is 6.28. The number of para-hydroxylation sites is 1. The Labute approximate surface area is 138 Å². The first-order chi connectivity index (χ1) is 11.2. The number of benzene rings is 2. The van der Waals surface area contributed by atoms with E-state index in [1.165, 1.54) is 0 Å². The highest BCUT2D eigenvalue weighted by atomic mass is 32.2. The van der Waals surface area contributed by atoms with Gasteiger partial charge >= 0.3 is 11.4 Å². The molecule has 23 heavy (non-hydrogen) atoms. The van der Waals surface area contributed by atoms with Crippen LogP contribution in [0.3, 0.4) is 0 Å². The topological polar surface area (TPSA) is 55.8 Å². The van der Waals surface area contributed by atoms with E-state index in [2.05, 4.69) is 0 Å². The minimum Gasteiger partial charge on any atom is -0.487 e. The monoisotopic (exact) mass is 332 g/mol. The summed E-state index contributed by atoms with van der Waals surface area (Å²) in [6.45, 7) is 0. The predicted octanol–water partition coefficient (Wildman–Crippen LogP) is 4.20. The van der Waals surface area contributed by atoms with Gasteiger partial charge in [0.2, 0.25) is 0 Å². The molecule has 1 aliphatic rings. The molecule has 3 rings (SSSR count). The van der Waals surface area contributed by atoms with Gasteiger partial charge in [0.25, 0.3) is 0 Å². The molecule has 1 aliphatic carbocycles. The van der Waals surface area contributed by atoms with E-state index >= 15 is 0 Å². The number of ether oxygens (including phenoxy) is 1. The molecule has 4 nitrogen and oxygen atoms in total. The summed E-state index contributed by atoms with van der Waals surface area (Å²) in [5.41, 5.74) is 2.10. The van der Waals surface area contributed by atoms with Gasteiger partial charge in [-0.3, -0.25) is 8.74 Å². The Hall–Kier alpha value is -1.69. The van der Waals surface area contributed by atoms with Gasteiger partial charge in [-0.05, 0) is 30.9 Å². The maximum absolute atomic E-state index is 11.0. The maximum atomic E-state index is 11.0. The van der Waals surface area contributed by atoms with E-state index in [4.69, 9.17) is 13.5 Å². The average molecular weight is 332 g/mol. The molecule has 2 aromatic rings. The minimum absolute atomic E-state index is 0.204. The molecule has 3 atom stereocenters. The first kappa shape index (κ1) is 16.2. The van der Waals surface area contributed by atoms with E-state index in [1.54, 1.807) is 0 Å². The SMILES string of the molecule is O=S(O)OC1CCCCC1Oc1ccccc1-c1ccccc1. The Kier molecular flexibility index (Phi) is 5.43. The third kappa shape index (κ3) is 4.19. The normalized spacial score (nSPS) is 22.5. The zero-order valence-corrected chi connectivity index (χ0v) is 13.6. The van der Waals surface area contributed by atoms with Crippen LogP contribution in [0.25, 0.3) is 11.1 Å². The molecule has 1 N–H and O–H groups in total. The van der Waals surface area contributed by atoms with Gasteiger partial charge in [-0.15, -0.1) is 0 Å². The van der Waals surface area contributed by atoms with Crippen LogP contribution in [-0.4, -0.2) is 21.0 Å². The van der Waals surface area contributed by atoms with Crippen molar-refractivity contribution >= 4 is 11.4 Å². The lowest BCUT2D eigenvalue weighted by molar-refractivity contribution is 0.0264. The Morgan fingerprint density at radius 3 is 2.30 bits per heavy atom. The Morgan fingerprint density at radius 2 is 1.57 bits per heavy atom. The lowest BCUT2D eigenvalue weighted by Crippen LogP contribution is -2.37. The van der Waals surface area contributed by atoms with Crippen molar-refractivity contribution in [1.82, 2.24) is 0 Å². The Bertz CT molecular complexity index is 659. The molecule has 0 heterocycles. The summed E-state index contributed by atoms with van der Waals surface area (Å²) in [6, 6.07) is 17.9. The van der Waals surface area contributed by atoms with Crippen molar-refractivity contribution in [2.24, 2.45) is 0 Å². The van der Waals surface area contributed by atoms with E-state index in [1.807, 2.05) is 54.6 Å². The van der Waals surface area contributed by atoms with Crippen LogP contribution >= 0.6 is 0 Å². The largest absolute Gasteiger partial charge is 0.487 e. The molecular formula is C18H20O4S. The van der Waals surface area contributed by atoms with Crippen LogP contribution in [0, 0.1) is 0 Å². The molecule has 122 valence electrons. The predicted molar refractivity (Wildman–Crippen MR) is 90.4 cm³/mol. The van der Waals surface area contributed by atoms with Crippen molar-refractivity contribution in [3.05, 3.63) is 54.6 Å². The van der Waals surface area contributed by atoms with Crippen LogP contribution < -0.4 is 4.74 Å². The van der Waals surface area contributed by atoms with E-state index in [9.17, 15) is 4.21 Å². The first-order valence-corrected chi connectivity index (χ1v) is 8.86. The van der Waals surface area contributed by atoms with Gasteiger partial charge in [0.1, 0.15) is 18.0 Å². The van der Waals surface area contributed by atoms with Crippen LogP contribution in [-0.2, 0) is 15.5 Å². The summed E-state index contributed by atoms with van der Waals surface area (Å²) in [7, 11) is 0. The second-order valence-electron chi connectivity index (χ2n) is 5.65. The number of rotatable bonds is 5. The molecule has 0 bridgehead atoms. The molecule has 0 spiro atoms. The van der Waals surface area contributed by atoms with E-state index < -0.39 is 11.4 Å². The van der Waals surface area contributed by atoms with Crippen LogP contribution in [0.15, 0.2) is 54.6 Å². The van der Waals surface area contributed by atoms with Crippen molar-refractivity contribution < 1.29 is 17.7 Å². The van der Waals surface area contributed by atoms with Crippen LogP contribution in [0.2, 0.25) is 0 Å². The van der Waals surface area contributed by atoms with Gasteiger partial charge in [-0.2, -0.15) is 4.21 Å². The molecule has 1 fully saturated rings. The molecular weight excluding hydrogens is 312 g/mol. The number of hydrogen-bond acceptors (Lipinski definition) is 3. The quantitative estimate of drug-likeness (QED) is 0.834. The zero-order chi connectivity index (χ0) is 16.1. The highest BCUT2D eigenvalue weighted by molar-refractivity contribution is 7.74. The lowest BCUT2D eigenvalue weighted by Gasteiger charge is -2.31. The van der Waals surface area contributed by atoms with Gasteiger partial charge < -0.3 is 4.74 Å². The Balaban J connectivity index is 1.83. The summed E-state index contributed by atoms with van der Waals surface area (Å²) in [5.74, 6) is 0.780. The van der Waals surface area contributed by atoms with Crippen LogP contribution in [0.4, 0.5) is 0 Å². The molecule has 1 saturated carbocycles. The smallest absolute Gasteiger partial charge is 0.302 e. The van der Waals surface area contributed by atoms with Crippen molar-refractivity contribution in [1.29, 1.82) is 0 Å². The van der Waals surface area contributed by atoms with Gasteiger partial charge in [0.05, 0.1) is 0 Å². The molecule has 0 amide bonds. The molecule has 2 aromatic carbocycles. The second kappa shape index (κ2) is 7.73. The van der Waals surface area contributed by atoms with E-state index in [0.29, 0.717) is 0 Å². The van der Waals surface area contributed by atoms with Crippen LogP contribution in [0.5, 0.6) is 5.75 Å². The molecule has 0 aliphatic heterocycles. The highest BCUT2D eigenvalue weighted by Gasteiger charge is 2.30. The fraction of sp³-hybridized carbons (Fsp3) is 0.333. The maximum Gasteiger partial charge on any atom is 0.302 e. The third-order valence-electron chi connectivity index (χ3n) is 4.10.